The van der Waals surface area contributed by atoms with Gasteiger partial charge in [-0.1, -0.05) is 43.7 Å². The van der Waals surface area contributed by atoms with Crippen molar-refractivity contribution >= 4 is 11.6 Å². The summed E-state index contributed by atoms with van der Waals surface area (Å²) in [5.41, 5.74) is 2.44. The van der Waals surface area contributed by atoms with Crippen molar-refractivity contribution in [2.75, 3.05) is 11.9 Å². The number of rotatable bonds is 7. The van der Waals surface area contributed by atoms with E-state index in [1.54, 1.807) is 12.3 Å². The first-order valence-electron chi connectivity index (χ1n) is 7.76. The minimum absolute atomic E-state index is 0.0489. The van der Waals surface area contributed by atoms with Crippen molar-refractivity contribution in [3.05, 3.63) is 59.9 Å². The fraction of sp³-hybridized carbons (Fsp3) is 0.333. The zero-order valence-electron chi connectivity index (χ0n) is 13.2. The first-order valence-corrected chi connectivity index (χ1v) is 7.76. The third-order valence-electron chi connectivity index (χ3n) is 3.50. The van der Waals surface area contributed by atoms with E-state index in [0.29, 0.717) is 5.69 Å². The zero-order chi connectivity index (χ0) is 15.8. The van der Waals surface area contributed by atoms with Crippen molar-refractivity contribution in [3.8, 4) is 0 Å². The molecule has 0 aliphatic carbocycles. The average molecular weight is 297 g/mol. The summed E-state index contributed by atoms with van der Waals surface area (Å²) in [5, 5.41) is 6.28. The number of carbonyl (C=O) groups is 1. The molecule has 4 nitrogen and oxygen atoms in total. The average Bonchev–Trinajstić information content (AvgIpc) is 2.56. The van der Waals surface area contributed by atoms with Crippen LogP contribution < -0.4 is 10.6 Å². The standard InChI is InChI=1S/C18H23N3O/c1-3-4-11-19-16-10-12-20-17(13-16)18(22)21-14(2)15-8-6-5-7-9-15/h5-10,12-14H,3-4,11H2,1-2H3,(H,19,20)(H,21,22). The van der Waals surface area contributed by atoms with E-state index in [2.05, 4.69) is 22.5 Å². The third kappa shape index (κ3) is 4.58. The molecule has 0 saturated carbocycles. The molecule has 1 heterocycles. The molecule has 0 aliphatic rings. The predicted octanol–water partition coefficient (Wildman–Crippen LogP) is 3.78. The Morgan fingerprint density at radius 2 is 2.00 bits per heavy atom. The summed E-state index contributed by atoms with van der Waals surface area (Å²) in [6, 6.07) is 13.5. The summed E-state index contributed by atoms with van der Waals surface area (Å²) in [4.78, 5) is 16.5. The van der Waals surface area contributed by atoms with Gasteiger partial charge >= 0.3 is 0 Å². The first-order chi connectivity index (χ1) is 10.7. The highest BCUT2D eigenvalue weighted by Crippen LogP contribution is 2.13. The summed E-state index contributed by atoms with van der Waals surface area (Å²) in [7, 11) is 0. The molecule has 0 bridgehead atoms. The van der Waals surface area contributed by atoms with Gasteiger partial charge in [-0.25, -0.2) is 0 Å². The second kappa shape index (κ2) is 8.17. The van der Waals surface area contributed by atoms with E-state index in [4.69, 9.17) is 0 Å². The lowest BCUT2D eigenvalue weighted by Gasteiger charge is -2.14. The quantitative estimate of drug-likeness (QED) is 0.765. The van der Waals surface area contributed by atoms with E-state index in [-0.39, 0.29) is 11.9 Å². The van der Waals surface area contributed by atoms with Crippen molar-refractivity contribution in [2.24, 2.45) is 0 Å². The van der Waals surface area contributed by atoms with Crippen molar-refractivity contribution in [2.45, 2.75) is 32.7 Å². The van der Waals surface area contributed by atoms with E-state index < -0.39 is 0 Å². The summed E-state index contributed by atoms with van der Waals surface area (Å²) < 4.78 is 0. The molecule has 116 valence electrons. The highest BCUT2D eigenvalue weighted by atomic mass is 16.1. The number of nitrogens with one attached hydrogen (secondary N) is 2. The molecule has 2 N–H and O–H groups in total. The lowest BCUT2D eigenvalue weighted by molar-refractivity contribution is 0.0935. The smallest absolute Gasteiger partial charge is 0.270 e. The molecule has 1 aromatic carbocycles. The Kier molecular flexibility index (Phi) is 5.95. The van der Waals surface area contributed by atoms with Gasteiger partial charge in [-0.05, 0) is 31.0 Å². The van der Waals surface area contributed by atoms with Crippen LogP contribution in [0.1, 0.15) is 48.8 Å². The molecule has 0 saturated heterocycles. The predicted molar refractivity (Wildman–Crippen MR) is 90.0 cm³/mol. The van der Waals surface area contributed by atoms with Crippen LogP contribution in [0.25, 0.3) is 0 Å². The van der Waals surface area contributed by atoms with Gasteiger partial charge in [-0.2, -0.15) is 0 Å². The first kappa shape index (κ1) is 16.0. The van der Waals surface area contributed by atoms with Crippen molar-refractivity contribution in [1.29, 1.82) is 0 Å². The van der Waals surface area contributed by atoms with E-state index in [9.17, 15) is 4.79 Å². The van der Waals surface area contributed by atoms with Crippen LogP contribution in [0.2, 0.25) is 0 Å². The summed E-state index contributed by atoms with van der Waals surface area (Å²) in [5.74, 6) is -0.157. The molecular formula is C18H23N3O. The van der Waals surface area contributed by atoms with Gasteiger partial charge in [0.25, 0.3) is 5.91 Å². The summed E-state index contributed by atoms with van der Waals surface area (Å²) >= 11 is 0. The highest BCUT2D eigenvalue weighted by Gasteiger charge is 2.12. The Balaban J connectivity index is 1.98. The molecule has 1 atom stereocenters. The molecule has 4 heteroatoms. The van der Waals surface area contributed by atoms with Crippen LogP contribution in [0, 0.1) is 0 Å². The number of hydrogen-bond acceptors (Lipinski definition) is 3. The largest absolute Gasteiger partial charge is 0.385 e. The number of anilines is 1. The topological polar surface area (TPSA) is 54.0 Å². The second-order valence-electron chi connectivity index (χ2n) is 5.32. The van der Waals surface area contributed by atoms with Crippen LogP contribution >= 0.6 is 0 Å². The fourth-order valence-corrected chi connectivity index (χ4v) is 2.17. The number of benzene rings is 1. The van der Waals surface area contributed by atoms with E-state index in [1.165, 1.54) is 0 Å². The molecule has 0 spiro atoms. The van der Waals surface area contributed by atoms with Crippen LogP contribution in [0.4, 0.5) is 5.69 Å². The van der Waals surface area contributed by atoms with E-state index in [0.717, 1.165) is 30.6 Å². The van der Waals surface area contributed by atoms with Crippen molar-refractivity contribution in [3.63, 3.8) is 0 Å². The third-order valence-corrected chi connectivity index (χ3v) is 3.50. The van der Waals surface area contributed by atoms with Crippen molar-refractivity contribution in [1.82, 2.24) is 10.3 Å². The van der Waals surface area contributed by atoms with Crippen LogP contribution in [-0.2, 0) is 0 Å². The van der Waals surface area contributed by atoms with Gasteiger partial charge in [0.05, 0.1) is 6.04 Å². The second-order valence-corrected chi connectivity index (χ2v) is 5.32. The molecule has 22 heavy (non-hydrogen) atoms. The number of pyridine rings is 1. The van der Waals surface area contributed by atoms with Gasteiger partial charge in [0, 0.05) is 18.4 Å². The van der Waals surface area contributed by atoms with E-state index >= 15 is 0 Å². The van der Waals surface area contributed by atoms with Gasteiger partial charge in [-0.15, -0.1) is 0 Å². The van der Waals surface area contributed by atoms with Gasteiger partial charge in [0.15, 0.2) is 0 Å². The summed E-state index contributed by atoms with van der Waals surface area (Å²) in [6.45, 7) is 5.02. The molecule has 0 aliphatic heterocycles. The maximum absolute atomic E-state index is 12.3. The Bertz CT molecular complexity index is 598. The lowest BCUT2D eigenvalue weighted by Crippen LogP contribution is -2.27. The molecular weight excluding hydrogens is 274 g/mol. The number of aromatic nitrogens is 1. The monoisotopic (exact) mass is 297 g/mol. The molecule has 1 amide bonds. The minimum Gasteiger partial charge on any atom is -0.385 e. The van der Waals surface area contributed by atoms with Gasteiger partial charge < -0.3 is 10.6 Å². The maximum Gasteiger partial charge on any atom is 0.270 e. The maximum atomic E-state index is 12.3. The molecule has 1 unspecified atom stereocenters. The Morgan fingerprint density at radius 3 is 2.73 bits per heavy atom. The SMILES string of the molecule is CCCCNc1ccnc(C(=O)NC(C)c2ccccc2)c1. The van der Waals surface area contributed by atoms with Crippen LogP contribution in [-0.4, -0.2) is 17.4 Å². The minimum atomic E-state index is -0.157. The highest BCUT2D eigenvalue weighted by molar-refractivity contribution is 5.93. The van der Waals surface area contributed by atoms with Gasteiger partial charge in [0.2, 0.25) is 0 Å². The number of amides is 1. The molecule has 0 fully saturated rings. The van der Waals surface area contributed by atoms with E-state index in [1.807, 2.05) is 43.3 Å². The molecule has 1 aromatic heterocycles. The number of carbonyl (C=O) groups excluding carboxylic acids is 1. The molecule has 2 aromatic rings. The Hall–Kier alpha value is -2.36. The molecule has 0 radical (unpaired) electrons. The van der Waals surface area contributed by atoms with Crippen molar-refractivity contribution < 1.29 is 4.79 Å². The van der Waals surface area contributed by atoms with Crippen LogP contribution in [0.5, 0.6) is 0 Å². The Morgan fingerprint density at radius 1 is 1.23 bits per heavy atom. The normalized spacial score (nSPS) is 11.7. The lowest BCUT2D eigenvalue weighted by atomic mass is 10.1. The zero-order valence-corrected chi connectivity index (χ0v) is 13.2. The summed E-state index contributed by atoms with van der Waals surface area (Å²) in [6.07, 6.45) is 3.91. The molecule has 2 rings (SSSR count). The fourth-order valence-electron chi connectivity index (χ4n) is 2.17. The van der Waals surface area contributed by atoms with Gasteiger partial charge in [0.1, 0.15) is 5.69 Å². The Labute approximate surface area is 132 Å². The van der Waals surface area contributed by atoms with Crippen LogP contribution in [0.15, 0.2) is 48.7 Å². The number of nitrogens with zero attached hydrogens (tertiary/aromatic N) is 1. The van der Waals surface area contributed by atoms with Gasteiger partial charge in [-0.3, -0.25) is 9.78 Å². The van der Waals surface area contributed by atoms with Crippen LogP contribution in [0.3, 0.4) is 0 Å². The number of unbranched alkanes of at least 4 members (excludes halogenated alkanes) is 1. The number of hydrogen-bond donors (Lipinski definition) is 2.